The van der Waals surface area contributed by atoms with Crippen molar-refractivity contribution in [3.05, 3.63) is 70.8 Å². The predicted octanol–water partition coefficient (Wildman–Crippen LogP) is 14.9. The van der Waals surface area contributed by atoms with Crippen molar-refractivity contribution in [1.82, 2.24) is 0 Å². The number of rotatable bonds is 18. The molecule has 0 radical (unpaired) electrons. The molecule has 4 aliphatic rings. The highest BCUT2D eigenvalue weighted by Crippen LogP contribution is 2.39. The Morgan fingerprint density at radius 2 is 0.893 bits per heavy atom. The van der Waals surface area contributed by atoms with E-state index < -0.39 is 0 Å². The Bertz CT molecular complexity index is 1330. The molecule has 0 amide bonds. The lowest BCUT2D eigenvalue weighted by Crippen LogP contribution is -2.22. The van der Waals surface area contributed by atoms with Crippen molar-refractivity contribution in [2.45, 2.75) is 205 Å². The molecule has 56 heavy (non-hydrogen) atoms. The molecule has 3 nitrogen and oxygen atoms in total. The van der Waals surface area contributed by atoms with Crippen LogP contribution in [0.3, 0.4) is 0 Å². The van der Waals surface area contributed by atoms with Crippen LogP contribution in [0.1, 0.15) is 215 Å². The van der Waals surface area contributed by atoms with E-state index in [4.69, 9.17) is 4.74 Å². The number of carbonyl (C=O) groups excluding carboxylic acids is 2. The number of hydrogen-bond donors (Lipinski definition) is 0. The third kappa shape index (κ3) is 15.1. The number of hydrogen-bond acceptors (Lipinski definition) is 3. The lowest BCUT2D eigenvalue weighted by Gasteiger charge is -2.29. The lowest BCUT2D eigenvalue weighted by atomic mass is 9.77. The number of carbonyl (C=O) groups is 2. The van der Waals surface area contributed by atoms with Crippen LogP contribution in [0.15, 0.2) is 48.5 Å². The summed E-state index contributed by atoms with van der Waals surface area (Å²) in [5.74, 6) is 5.68. The molecule has 0 atom stereocenters. The van der Waals surface area contributed by atoms with Crippen molar-refractivity contribution in [2.24, 2.45) is 35.5 Å². The Balaban J connectivity index is 0.000000215. The van der Waals surface area contributed by atoms with Gasteiger partial charge in [0.1, 0.15) is 6.29 Å². The van der Waals surface area contributed by atoms with Gasteiger partial charge in [0.2, 0.25) is 0 Å². The monoisotopic (exact) mass is 767 g/mol. The van der Waals surface area contributed by atoms with E-state index in [1.54, 1.807) is 0 Å². The molecular weight excluding hydrogens is 685 g/mol. The average molecular weight is 767 g/mol. The van der Waals surface area contributed by atoms with Crippen LogP contribution in [0.25, 0.3) is 0 Å². The van der Waals surface area contributed by atoms with Crippen molar-refractivity contribution in [1.29, 1.82) is 0 Å². The molecule has 0 bridgehead atoms. The Hall–Kier alpha value is -2.42. The molecular formula is C53H82O3. The minimum absolute atomic E-state index is 0.0196. The zero-order valence-electron chi connectivity index (χ0n) is 36.3. The standard InChI is InChI=1S/C27H42O2.C26H40O/c1-3-4-5-6-21-7-9-22(10-8-21)11-12-23-13-15-24(16-14-23)25-17-19-26(20-18-25)27(28)29-2;1-2-3-4-5-21-6-8-22(9-7-21)10-11-23-12-16-25(17-13-23)26-18-14-24(20-27)15-19-26/h13-16,21-22,25-26H,3-12,17-20H2,1-2H3;12-13,16-17,20-22,24,26H,2-11,14-15,18-19H2,1H3. The molecule has 312 valence electrons. The molecule has 4 saturated carbocycles. The third-order valence-corrected chi connectivity index (χ3v) is 15.2. The quantitative estimate of drug-likeness (QED) is 0.0862. The summed E-state index contributed by atoms with van der Waals surface area (Å²) < 4.78 is 4.91. The van der Waals surface area contributed by atoms with Gasteiger partial charge in [-0.15, -0.1) is 0 Å². The summed E-state index contributed by atoms with van der Waals surface area (Å²) in [5.41, 5.74) is 5.98. The summed E-state index contributed by atoms with van der Waals surface area (Å²) in [6, 6.07) is 18.9. The second-order valence-corrected chi connectivity index (χ2v) is 19.1. The average Bonchev–Trinajstić information content (AvgIpc) is 3.26. The third-order valence-electron chi connectivity index (χ3n) is 15.2. The largest absolute Gasteiger partial charge is 0.469 e. The first-order valence-corrected chi connectivity index (χ1v) is 24.2. The molecule has 2 aromatic carbocycles. The highest BCUT2D eigenvalue weighted by molar-refractivity contribution is 5.72. The van der Waals surface area contributed by atoms with Gasteiger partial charge in [0.05, 0.1) is 13.0 Å². The summed E-state index contributed by atoms with van der Waals surface area (Å²) in [4.78, 5) is 22.6. The van der Waals surface area contributed by atoms with Crippen LogP contribution >= 0.6 is 0 Å². The first-order chi connectivity index (χ1) is 27.5. The van der Waals surface area contributed by atoms with Crippen molar-refractivity contribution >= 4 is 12.3 Å². The first-order valence-electron chi connectivity index (χ1n) is 24.2. The van der Waals surface area contributed by atoms with Crippen LogP contribution in [0, 0.1) is 35.5 Å². The van der Waals surface area contributed by atoms with E-state index in [0.717, 1.165) is 68.5 Å². The van der Waals surface area contributed by atoms with E-state index in [1.165, 1.54) is 171 Å². The zero-order chi connectivity index (χ0) is 39.4. The number of unbranched alkanes of at least 4 members (excludes halogenated alkanes) is 4. The maximum absolute atomic E-state index is 11.7. The fourth-order valence-electron chi connectivity index (χ4n) is 11.1. The summed E-state index contributed by atoms with van der Waals surface area (Å²) in [6.45, 7) is 4.61. The number of methoxy groups -OCH3 is 1. The van der Waals surface area contributed by atoms with Crippen molar-refractivity contribution in [2.75, 3.05) is 7.11 Å². The number of aldehydes is 1. The molecule has 0 saturated heterocycles. The van der Waals surface area contributed by atoms with Gasteiger partial charge in [-0.2, -0.15) is 0 Å². The summed E-state index contributed by atoms with van der Waals surface area (Å²) in [7, 11) is 1.51. The maximum Gasteiger partial charge on any atom is 0.308 e. The van der Waals surface area contributed by atoms with Gasteiger partial charge in [0.15, 0.2) is 0 Å². The maximum atomic E-state index is 11.7. The molecule has 6 rings (SSSR count). The Morgan fingerprint density at radius 3 is 1.25 bits per heavy atom. The van der Waals surface area contributed by atoms with Crippen molar-refractivity contribution in [3.8, 4) is 0 Å². The van der Waals surface area contributed by atoms with Crippen LogP contribution in [0.5, 0.6) is 0 Å². The second-order valence-electron chi connectivity index (χ2n) is 19.1. The zero-order valence-corrected chi connectivity index (χ0v) is 36.3. The molecule has 4 fully saturated rings. The van der Waals surface area contributed by atoms with Crippen molar-refractivity contribution in [3.63, 3.8) is 0 Å². The molecule has 0 aliphatic heterocycles. The molecule has 0 aromatic heterocycles. The molecule has 3 heteroatoms. The number of ether oxygens (including phenoxy) is 1. The summed E-state index contributed by atoms with van der Waals surface area (Å²) in [5, 5.41) is 0. The molecule has 0 N–H and O–H groups in total. The SMILES string of the molecule is CCCCCC1CCC(CCc2ccc(C3CCC(C(=O)OC)CC3)cc2)CC1.CCCCCC1CCC(CCc2ccc(C3CCC(C=O)CC3)cc2)CC1. The van der Waals surface area contributed by atoms with Gasteiger partial charge in [-0.1, -0.05) is 165 Å². The van der Waals surface area contributed by atoms with Gasteiger partial charge in [-0.3, -0.25) is 4.79 Å². The van der Waals surface area contributed by atoms with Gasteiger partial charge in [-0.05, 0) is 135 Å². The number of esters is 1. The smallest absolute Gasteiger partial charge is 0.308 e. The predicted molar refractivity (Wildman–Crippen MR) is 236 cm³/mol. The molecule has 0 heterocycles. The van der Waals surface area contributed by atoms with Crippen LogP contribution in [-0.2, 0) is 27.2 Å². The van der Waals surface area contributed by atoms with E-state index in [-0.39, 0.29) is 11.9 Å². The fraction of sp³-hybridized carbons (Fsp3) is 0.736. The first kappa shape index (κ1) is 44.7. The molecule has 0 spiro atoms. The Kier molecular flexibility index (Phi) is 20.1. The molecule has 0 unspecified atom stereocenters. The lowest BCUT2D eigenvalue weighted by molar-refractivity contribution is -0.146. The van der Waals surface area contributed by atoms with E-state index in [9.17, 15) is 9.59 Å². The van der Waals surface area contributed by atoms with Crippen molar-refractivity contribution < 1.29 is 14.3 Å². The van der Waals surface area contributed by atoms with Crippen LogP contribution < -0.4 is 0 Å². The molecule has 4 aliphatic carbocycles. The highest BCUT2D eigenvalue weighted by atomic mass is 16.5. The van der Waals surface area contributed by atoms with Gasteiger partial charge in [-0.25, -0.2) is 0 Å². The van der Waals surface area contributed by atoms with Crippen LogP contribution in [0.2, 0.25) is 0 Å². The second kappa shape index (κ2) is 25.2. The van der Waals surface area contributed by atoms with Gasteiger partial charge in [0.25, 0.3) is 0 Å². The van der Waals surface area contributed by atoms with Gasteiger partial charge in [0, 0.05) is 5.92 Å². The van der Waals surface area contributed by atoms with E-state index in [2.05, 4.69) is 62.4 Å². The Morgan fingerprint density at radius 1 is 0.518 bits per heavy atom. The van der Waals surface area contributed by atoms with E-state index in [0.29, 0.717) is 17.8 Å². The normalized spacial score (nSPS) is 28.1. The Labute approximate surface area is 344 Å². The van der Waals surface area contributed by atoms with Crippen LogP contribution in [0.4, 0.5) is 0 Å². The number of aryl methyl sites for hydroxylation is 2. The minimum atomic E-state index is -0.0196. The van der Waals surface area contributed by atoms with Gasteiger partial charge < -0.3 is 9.53 Å². The summed E-state index contributed by atoms with van der Waals surface area (Å²) >= 11 is 0. The summed E-state index contributed by atoms with van der Waals surface area (Å²) in [6.07, 6.45) is 38.3. The molecule has 2 aromatic rings. The number of benzene rings is 2. The van der Waals surface area contributed by atoms with E-state index >= 15 is 0 Å². The van der Waals surface area contributed by atoms with E-state index in [1.807, 2.05) is 0 Å². The van der Waals surface area contributed by atoms with Crippen LogP contribution in [-0.4, -0.2) is 19.4 Å². The topological polar surface area (TPSA) is 43.4 Å². The fourth-order valence-corrected chi connectivity index (χ4v) is 11.1. The minimum Gasteiger partial charge on any atom is -0.469 e. The highest BCUT2D eigenvalue weighted by Gasteiger charge is 2.28. The van der Waals surface area contributed by atoms with Gasteiger partial charge >= 0.3 is 5.97 Å².